The van der Waals surface area contributed by atoms with Gasteiger partial charge in [0.05, 0.1) is 12.5 Å². The zero-order valence-electron chi connectivity index (χ0n) is 11.0. The standard InChI is InChI=1S/C13H22N2O2/c1-4-9(2)15-11(16)8-10(12(15)17)14-13(3)6-5-7-13/h9-10,14H,4-8H2,1-3H3. The number of carbonyl (C=O) groups is 2. The fourth-order valence-corrected chi connectivity index (χ4v) is 2.68. The van der Waals surface area contributed by atoms with Gasteiger partial charge in [-0.05, 0) is 39.5 Å². The van der Waals surface area contributed by atoms with Gasteiger partial charge in [0.1, 0.15) is 0 Å². The summed E-state index contributed by atoms with van der Waals surface area (Å²) in [6, 6.07) is -0.266. The SMILES string of the molecule is CCC(C)N1C(=O)CC(NC2(C)CCC2)C1=O. The van der Waals surface area contributed by atoms with Crippen molar-refractivity contribution in [1.82, 2.24) is 10.2 Å². The first-order chi connectivity index (χ1) is 7.97. The normalized spacial score (nSPS) is 29.4. The van der Waals surface area contributed by atoms with Crippen molar-refractivity contribution in [3.05, 3.63) is 0 Å². The Bertz CT molecular complexity index is 336. The molecule has 1 heterocycles. The third-order valence-corrected chi connectivity index (χ3v) is 4.19. The van der Waals surface area contributed by atoms with Crippen LogP contribution < -0.4 is 5.32 Å². The van der Waals surface area contributed by atoms with Crippen LogP contribution in [0.4, 0.5) is 0 Å². The quantitative estimate of drug-likeness (QED) is 0.754. The van der Waals surface area contributed by atoms with Crippen LogP contribution in [0.2, 0.25) is 0 Å². The summed E-state index contributed by atoms with van der Waals surface area (Å²) in [5, 5.41) is 3.37. The van der Waals surface area contributed by atoms with Crippen LogP contribution in [-0.2, 0) is 9.59 Å². The monoisotopic (exact) mass is 238 g/mol. The maximum absolute atomic E-state index is 12.2. The summed E-state index contributed by atoms with van der Waals surface area (Å²) in [4.78, 5) is 25.5. The third kappa shape index (κ3) is 2.23. The van der Waals surface area contributed by atoms with Gasteiger partial charge >= 0.3 is 0 Å². The molecule has 2 rings (SSSR count). The minimum atomic E-state index is -0.290. The number of hydrogen-bond acceptors (Lipinski definition) is 3. The van der Waals surface area contributed by atoms with Crippen molar-refractivity contribution in [3.8, 4) is 0 Å². The Morgan fingerprint density at radius 2 is 2.12 bits per heavy atom. The molecule has 0 aromatic rings. The Morgan fingerprint density at radius 1 is 1.47 bits per heavy atom. The molecule has 0 bridgehead atoms. The predicted molar refractivity (Wildman–Crippen MR) is 65.4 cm³/mol. The summed E-state index contributed by atoms with van der Waals surface area (Å²) < 4.78 is 0. The van der Waals surface area contributed by atoms with Gasteiger partial charge in [-0.3, -0.25) is 14.5 Å². The molecule has 2 amide bonds. The van der Waals surface area contributed by atoms with Crippen LogP contribution in [0.15, 0.2) is 0 Å². The molecule has 1 aliphatic carbocycles. The van der Waals surface area contributed by atoms with Crippen molar-refractivity contribution in [2.45, 2.75) is 70.5 Å². The van der Waals surface area contributed by atoms with E-state index < -0.39 is 0 Å². The van der Waals surface area contributed by atoms with Gasteiger partial charge in [-0.2, -0.15) is 0 Å². The van der Waals surface area contributed by atoms with Gasteiger partial charge in [0.2, 0.25) is 11.8 Å². The smallest absolute Gasteiger partial charge is 0.247 e. The maximum Gasteiger partial charge on any atom is 0.247 e. The summed E-state index contributed by atoms with van der Waals surface area (Å²) in [5.41, 5.74) is 0.0755. The second-order valence-electron chi connectivity index (χ2n) is 5.67. The molecule has 17 heavy (non-hydrogen) atoms. The van der Waals surface area contributed by atoms with E-state index in [2.05, 4.69) is 12.2 Å². The molecule has 2 unspecified atom stereocenters. The van der Waals surface area contributed by atoms with Gasteiger partial charge in [0.25, 0.3) is 0 Å². The highest BCUT2D eigenvalue weighted by Gasteiger charge is 2.44. The van der Waals surface area contributed by atoms with Crippen LogP contribution in [0, 0.1) is 0 Å². The second kappa shape index (κ2) is 4.41. The molecule has 0 aromatic carbocycles. The summed E-state index contributed by atoms with van der Waals surface area (Å²) >= 11 is 0. The number of imide groups is 1. The Hall–Kier alpha value is -0.900. The Balaban J connectivity index is 2.02. The molecule has 2 fully saturated rings. The van der Waals surface area contributed by atoms with Crippen LogP contribution >= 0.6 is 0 Å². The number of nitrogens with one attached hydrogen (secondary N) is 1. The summed E-state index contributed by atoms with van der Waals surface area (Å²) in [5.74, 6) is -0.0535. The minimum Gasteiger partial charge on any atom is -0.300 e. The maximum atomic E-state index is 12.2. The van der Waals surface area contributed by atoms with Crippen molar-refractivity contribution in [2.24, 2.45) is 0 Å². The highest BCUT2D eigenvalue weighted by Crippen LogP contribution is 2.33. The van der Waals surface area contributed by atoms with Crippen molar-refractivity contribution in [2.75, 3.05) is 0 Å². The average Bonchev–Trinajstić information content (AvgIpc) is 2.51. The van der Waals surface area contributed by atoms with E-state index in [0.29, 0.717) is 6.42 Å². The largest absolute Gasteiger partial charge is 0.300 e. The first-order valence-electron chi connectivity index (χ1n) is 6.60. The van der Waals surface area contributed by atoms with Crippen molar-refractivity contribution < 1.29 is 9.59 Å². The van der Waals surface area contributed by atoms with E-state index >= 15 is 0 Å². The Morgan fingerprint density at radius 3 is 2.59 bits per heavy atom. The predicted octanol–water partition coefficient (Wildman–Crippen LogP) is 1.44. The number of hydrogen-bond donors (Lipinski definition) is 1. The fraction of sp³-hybridized carbons (Fsp3) is 0.846. The first kappa shape index (κ1) is 12.6. The topological polar surface area (TPSA) is 49.4 Å². The molecule has 4 heteroatoms. The molecule has 4 nitrogen and oxygen atoms in total. The summed E-state index contributed by atoms with van der Waals surface area (Å²) in [6.45, 7) is 6.07. The number of nitrogens with zero attached hydrogens (tertiary/aromatic N) is 1. The lowest BCUT2D eigenvalue weighted by molar-refractivity contribution is -0.141. The molecule has 2 aliphatic rings. The molecular formula is C13H22N2O2. The van der Waals surface area contributed by atoms with Crippen LogP contribution in [0.25, 0.3) is 0 Å². The van der Waals surface area contributed by atoms with Gasteiger partial charge in [0, 0.05) is 11.6 Å². The highest BCUT2D eigenvalue weighted by atomic mass is 16.2. The molecule has 96 valence electrons. The molecule has 1 saturated heterocycles. The van der Waals surface area contributed by atoms with Gasteiger partial charge in [-0.25, -0.2) is 0 Å². The summed E-state index contributed by atoms with van der Waals surface area (Å²) in [7, 11) is 0. The lowest BCUT2D eigenvalue weighted by Crippen LogP contribution is -2.55. The van der Waals surface area contributed by atoms with Crippen LogP contribution in [-0.4, -0.2) is 34.3 Å². The zero-order chi connectivity index (χ0) is 12.6. The van der Waals surface area contributed by atoms with Crippen molar-refractivity contribution >= 4 is 11.8 Å². The Kier molecular flexibility index (Phi) is 3.25. The van der Waals surface area contributed by atoms with Crippen LogP contribution in [0.1, 0.15) is 52.9 Å². The zero-order valence-corrected chi connectivity index (χ0v) is 11.0. The molecule has 1 N–H and O–H groups in total. The molecule has 1 aliphatic heterocycles. The second-order valence-corrected chi connectivity index (χ2v) is 5.67. The van der Waals surface area contributed by atoms with E-state index in [0.717, 1.165) is 19.3 Å². The van der Waals surface area contributed by atoms with E-state index in [-0.39, 0.29) is 29.4 Å². The van der Waals surface area contributed by atoms with Gasteiger partial charge in [0.15, 0.2) is 0 Å². The highest BCUT2D eigenvalue weighted by molar-refractivity contribution is 6.05. The molecule has 0 spiro atoms. The number of rotatable bonds is 4. The molecule has 1 saturated carbocycles. The number of amides is 2. The summed E-state index contributed by atoms with van der Waals surface area (Å²) in [6.07, 6.45) is 4.58. The molecule has 2 atom stereocenters. The van der Waals surface area contributed by atoms with Crippen molar-refractivity contribution in [3.63, 3.8) is 0 Å². The Labute approximate surface area is 103 Å². The van der Waals surface area contributed by atoms with Gasteiger partial charge in [-0.15, -0.1) is 0 Å². The number of likely N-dealkylation sites (tertiary alicyclic amines) is 1. The lowest BCUT2D eigenvalue weighted by atomic mass is 9.78. The minimum absolute atomic E-state index is 0.0234. The lowest BCUT2D eigenvalue weighted by Gasteiger charge is -2.41. The fourth-order valence-electron chi connectivity index (χ4n) is 2.68. The average molecular weight is 238 g/mol. The number of carbonyl (C=O) groups excluding carboxylic acids is 2. The molecular weight excluding hydrogens is 216 g/mol. The van der Waals surface area contributed by atoms with Crippen LogP contribution in [0.5, 0.6) is 0 Å². The third-order valence-electron chi connectivity index (χ3n) is 4.19. The van der Waals surface area contributed by atoms with Gasteiger partial charge < -0.3 is 5.32 Å². The van der Waals surface area contributed by atoms with Crippen molar-refractivity contribution in [1.29, 1.82) is 0 Å². The van der Waals surface area contributed by atoms with E-state index in [1.54, 1.807) is 0 Å². The molecule has 0 radical (unpaired) electrons. The molecule has 0 aromatic heterocycles. The van der Waals surface area contributed by atoms with E-state index in [4.69, 9.17) is 0 Å². The van der Waals surface area contributed by atoms with Crippen LogP contribution in [0.3, 0.4) is 0 Å². The first-order valence-corrected chi connectivity index (χ1v) is 6.60. The van der Waals surface area contributed by atoms with Gasteiger partial charge in [-0.1, -0.05) is 6.92 Å². The van der Waals surface area contributed by atoms with E-state index in [1.807, 2.05) is 13.8 Å². The van der Waals surface area contributed by atoms with E-state index in [1.165, 1.54) is 11.3 Å². The van der Waals surface area contributed by atoms with E-state index in [9.17, 15) is 9.59 Å².